The van der Waals surface area contributed by atoms with Crippen LogP contribution in [-0.2, 0) is 6.42 Å². The highest BCUT2D eigenvalue weighted by Gasteiger charge is 2.30. The average Bonchev–Trinajstić information content (AvgIpc) is 2.81. The molecule has 1 aromatic carbocycles. The number of ether oxygens (including phenoxy) is 1. The highest BCUT2D eigenvalue weighted by molar-refractivity contribution is 5.27. The van der Waals surface area contributed by atoms with Crippen molar-refractivity contribution in [2.24, 2.45) is 23.7 Å². The summed E-state index contributed by atoms with van der Waals surface area (Å²) in [7, 11) is 0. The van der Waals surface area contributed by atoms with Gasteiger partial charge in [0, 0.05) is 0 Å². The number of aryl methyl sites for hydroxylation is 1. The molecule has 2 saturated carbocycles. The number of unbranched alkanes of at least 4 members (excludes halogenated alkanes) is 3. The molecule has 2 fully saturated rings. The van der Waals surface area contributed by atoms with Crippen molar-refractivity contribution in [3.63, 3.8) is 0 Å². The molecular weight excluding hydrogens is 364 g/mol. The van der Waals surface area contributed by atoms with E-state index < -0.39 is 0 Å². The lowest BCUT2D eigenvalue weighted by Gasteiger charge is -2.38. The van der Waals surface area contributed by atoms with E-state index in [1.165, 1.54) is 89.0 Å². The van der Waals surface area contributed by atoms with E-state index in [-0.39, 0.29) is 0 Å². The van der Waals surface area contributed by atoms with Crippen molar-refractivity contribution in [2.45, 2.75) is 117 Å². The Morgan fingerprint density at radius 3 is 1.83 bits per heavy atom. The quantitative estimate of drug-likeness (QED) is 0.311. The fourth-order valence-electron chi connectivity index (χ4n) is 6.10. The normalized spacial score (nSPS) is 27.1. The van der Waals surface area contributed by atoms with Gasteiger partial charge in [-0.05, 0) is 86.3 Å². The molecule has 170 valence electrons. The van der Waals surface area contributed by atoms with E-state index in [1.54, 1.807) is 12.8 Å². The second-order valence-corrected chi connectivity index (χ2v) is 10.4. The molecule has 2 aliphatic carbocycles. The van der Waals surface area contributed by atoms with E-state index in [9.17, 15) is 0 Å². The minimum Gasteiger partial charge on any atom is -0.494 e. The molecule has 0 aliphatic heterocycles. The fourth-order valence-corrected chi connectivity index (χ4v) is 6.10. The molecule has 0 amide bonds. The summed E-state index contributed by atoms with van der Waals surface area (Å²) in [6.45, 7) is 5.30. The third-order valence-corrected chi connectivity index (χ3v) is 8.15. The first-order chi connectivity index (χ1) is 14.8. The van der Waals surface area contributed by atoms with Crippen LogP contribution in [0.2, 0.25) is 0 Å². The van der Waals surface area contributed by atoms with Crippen molar-refractivity contribution in [3.05, 3.63) is 29.8 Å². The van der Waals surface area contributed by atoms with Crippen LogP contribution >= 0.6 is 0 Å². The lowest BCUT2D eigenvalue weighted by Crippen LogP contribution is -2.26. The first-order valence-corrected chi connectivity index (χ1v) is 13.5. The highest BCUT2D eigenvalue weighted by Crippen LogP contribution is 2.43. The monoisotopic (exact) mass is 412 g/mol. The summed E-state index contributed by atoms with van der Waals surface area (Å²) in [6.07, 6.45) is 23.1. The van der Waals surface area contributed by atoms with Crippen LogP contribution in [0.25, 0.3) is 0 Å². The maximum atomic E-state index is 5.71. The van der Waals surface area contributed by atoms with Gasteiger partial charge < -0.3 is 4.74 Å². The van der Waals surface area contributed by atoms with Crippen LogP contribution < -0.4 is 4.74 Å². The Bertz CT molecular complexity index is 546. The van der Waals surface area contributed by atoms with Crippen molar-refractivity contribution in [3.8, 4) is 5.75 Å². The minimum atomic E-state index is 0.823. The minimum absolute atomic E-state index is 0.823. The number of hydrogen-bond acceptors (Lipinski definition) is 1. The van der Waals surface area contributed by atoms with Gasteiger partial charge in [-0.3, -0.25) is 0 Å². The van der Waals surface area contributed by atoms with Crippen LogP contribution in [0.5, 0.6) is 5.75 Å². The van der Waals surface area contributed by atoms with Gasteiger partial charge >= 0.3 is 0 Å². The second-order valence-electron chi connectivity index (χ2n) is 10.4. The molecule has 0 saturated heterocycles. The molecule has 0 N–H and O–H groups in total. The molecule has 0 bridgehead atoms. The fraction of sp³-hybridized carbons (Fsp3) is 0.793. The van der Waals surface area contributed by atoms with Crippen LogP contribution in [0.1, 0.15) is 116 Å². The van der Waals surface area contributed by atoms with E-state index >= 15 is 0 Å². The summed E-state index contributed by atoms with van der Waals surface area (Å²) in [5.41, 5.74) is 1.48. The zero-order valence-corrected chi connectivity index (χ0v) is 20.0. The molecule has 1 aromatic rings. The number of hydrogen-bond donors (Lipinski definition) is 0. The maximum Gasteiger partial charge on any atom is 0.119 e. The summed E-state index contributed by atoms with van der Waals surface area (Å²) in [5.74, 6) is 5.17. The highest BCUT2D eigenvalue weighted by atomic mass is 16.5. The molecule has 3 rings (SSSR count). The van der Waals surface area contributed by atoms with Crippen LogP contribution in [0.4, 0.5) is 0 Å². The zero-order chi connectivity index (χ0) is 21.0. The van der Waals surface area contributed by atoms with Gasteiger partial charge in [-0.2, -0.15) is 0 Å². The van der Waals surface area contributed by atoms with Crippen LogP contribution in [0, 0.1) is 23.7 Å². The Morgan fingerprint density at radius 1 is 0.667 bits per heavy atom. The van der Waals surface area contributed by atoms with Gasteiger partial charge in [0.2, 0.25) is 0 Å². The average molecular weight is 413 g/mol. The smallest absolute Gasteiger partial charge is 0.119 e. The van der Waals surface area contributed by atoms with E-state index in [0.29, 0.717) is 0 Å². The first kappa shape index (κ1) is 23.7. The molecule has 0 spiro atoms. The first-order valence-electron chi connectivity index (χ1n) is 13.5. The van der Waals surface area contributed by atoms with Crippen molar-refractivity contribution in [1.82, 2.24) is 0 Å². The lowest BCUT2D eigenvalue weighted by atomic mass is 9.68. The molecular formula is C29H48O. The molecule has 2 aliphatic rings. The molecule has 0 aromatic heterocycles. The Hall–Kier alpha value is -0.980. The molecule has 30 heavy (non-hydrogen) atoms. The standard InChI is InChI=1S/C29H48O/c1-3-5-6-7-8-24-11-17-27(18-12-24)28-19-13-25(14-20-28)9-10-26-15-21-29(22-16-26)30-23-4-2/h15-16,21-22,24-25,27-28H,3-14,17-20,23H2,1-2H3. The summed E-state index contributed by atoms with van der Waals surface area (Å²) in [5, 5.41) is 0. The Labute approximate surface area is 187 Å². The second kappa shape index (κ2) is 13.4. The van der Waals surface area contributed by atoms with Crippen molar-refractivity contribution < 1.29 is 4.74 Å². The van der Waals surface area contributed by atoms with Crippen molar-refractivity contribution in [2.75, 3.05) is 6.61 Å². The van der Waals surface area contributed by atoms with Gasteiger partial charge in [0.1, 0.15) is 5.75 Å². The van der Waals surface area contributed by atoms with E-state index in [1.807, 2.05) is 0 Å². The van der Waals surface area contributed by atoms with Crippen LogP contribution in [0.3, 0.4) is 0 Å². The molecule has 0 heterocycles. The van der Waals surface area contributed by atoms with Crippen molar-refractivity contribution in [1.29, 1.82) is 0 Å². The van der Waals surface area contributed by atoms with E-state index in [2.05, 4.69) is 38.1 Å². The predicted molar refractivity (Wildman–Crippen MR) is 130 cm³/mol. The zero-order valence-electron chi connectivity index (χ0n) is 20.0. The molecule has 0 unspecified atom stereocenters. The molecule has 1 heteroatoms. The Balaban J connectivity index is 1.29. The largest absolute Gasteiger partial charge is 0.494 e. The number of benzene rings is 1. The summed E-state index contributed by atoms with van der Waals surface area (Å²) in [4.78, 5) is 0. The SMILES string of the molecule is CCCCCCC1CCC(C2CCC(CCc3ccc(OCCC)cc3)CC2)CC1. The molecule has 0 radical (unpaired) electrons. The van der Waals surface area contributed by atoms with Gasteiger partial charge in [0.25, 0.3) is 0 Å². The number of rotatable bonds is 12. The Kier molecular flexibility index (Phi) is 10.6. The third kappa shape index (κ3) is 7.93. The van der Waals surface area contributed by atoms with Crippen LogP contribution in [-0.4, -0.2) is 6.61 Å². The van der Waals surface area contributed by atoms with E-state index in [4.69, 9.17) is 4.74 Å². The van der Waals surface area contributed by atoms with Gasteiger partial charge in [0.15, 0.2) is 0 Å². The Morgan fingerprint density at radius 2 is 1.27 bits per heavy atom. The third-order valence-electron chi connectivity index (χ3n) is 8.15. The summed E-state index contributed by atoms with van der Waals surface area (Å²) >= 11 is 0. The summed E-state index contributed by atoms with van der Waals surface area (Å²) < 4.78 is 5.71. The van der Waals surface area contributed by atoms with Gasteiger partial charge in [-0.15, -0.1) is 0 Å². The van der Waals surface area contributed by atoms with Crippen molar-refractivity contribution >= 4 is 0 Å². The summed E-state index contributed by atoms with van der Waals surface area (Å²) in [6, 6.07) is 8.86. The van der Waals surface area contributed by atoms with Gasteiger partial charge in [0.05, 0.1) is 6.61 Å². The lowest BCUT2D eigenvalue weighted by molar-refractivity contribution is 0.140. The van der Waals surface area contributed by atoms with Gasteiger partial charge in [-0.25, -0.2) is 0 Å². The van der Waals surface area contributed by atoms with Gasteiger partial charge in [-0.1, -0.05) is 83.8 Å². The van der Waals surface area contributed by atoms with Crippen LogP contribution in [0.15, 0.2) is 24.3 Å². The molecule has 1 nitrogen and oxygen atoms in total. The van der Waals surface area contributed by atoms with E-state index in [0.717, 1.165) is 42.4 Å². The predicted octanol–water partition coefficient (Wildman–Crippen LogP) is 8.99. The maximum absolute atomic E-state index is 5.71. The topological polar surface area (TPSA) is 9.23 Å². The molecule has 0 atom stereocenters.